The van der Waals surface area contributed by atoms with Gasteiger partial charge in [-0.25, -0.2) is 47.0 Å². The van der Waals surface area contributed by atoms with Crippen molar-refractivity contribution in [3.63, 3.8) is 0 Å². The van der Waals surface area contributed by atoms with Gasteiger partial charge in [0.25, 0.3) is 34.9 Å². The molecule has 15 nitrogen and oxygen atoms in total. The maximum absolute atomic E-state index is 2.72. The molecule has 9 aromatic rings. The number of piperidine rings is 6. The Hall–Kier alpha value is -8.92. The summed E-state index contributed by atoms with van der Waals surface area (Å²) < 4.78 is 13.5. The Balaban J connectivity index is 0.000000106. The molecule has 15 aliphatic heterocycles. The summed E-state index contributed by atoms with van der Waals surface area (Å²) in [6.45, 7) is 43.5. The predicted molar refractivity (Wildman–Crippen MR) is 482 cm³/mol. The number of aromatic nitrogens is 6. The first-order valence-electron chi connectivity index (χ1n) is 45.3. The Morgan fingerprint density at radius 2 is 0.788 bits per heavy atom. The number of anilines is 7. The molecule has 21 heterocycles. The Morgan fingerprint density at radius 3 is 1.31 bits per heavy atom. The van der Waals surface area contributed by atoms with Crippen molar-refractivity contribution in [3.05, 3.63) is 247 Å². The van der Waals surface area contributed by atoms with Crippen LogP contribution < -0.4 is 61.7 Å². The highest BCUT2D eigenvalue weighted by Gasteiger charge is 2.66. The van der Waals surface area contributed by atoms with Crippen LogP contribution in [0.2, 0.25) is 0 Å². The molecule has 11 saturated heterocycles. The fraction of sp³-hybridized carbons (Fsp3) is 0.534. The second kappa shape index (κ2) is 31.6. The molecular formula is C103H143N15+6. The zero-order valence-electron chi connectivity index (χ0n) is 76.0. The van der Waals surface area contributed by atoms with Gasteiger partial charge >= 0.3 is 0 Å². The topological polar surface area (TPSA) is 52.4 Å². The highest BCUT2D eigenvalue weighted by molar-refractivity contribution is 5.68. The lowest BCUT2D eigenvalue weighted by molar-refractivity contribution is -0.660. The molecule has 18 aliphatic rings. The van der Waals surface area contributed by atoms with E-state index in [1.54, 1.807) is 16.7 Å². The maximum atomic E-state index is 2.72. The molecule has 3 aliphatic carbocycles. The zero-order chi connectivity index (χ0) is 83.5. The van der Waals surface area contributed by atoms with Gasteiger partial charge in [0.1, 0.15) is 58.2 Å². The average molecular weight is 1590 g/mol. The number of hydrogen-bond donors (Lipinski definition) is 0. The predicted octanol–water partition coefficient (Wildman–Crippen LogP) is 16.8. The van der Waals surface area contributed by atoms with Crippen LogP contribution in [0.3, 0.4) is 0 Å². The first-order chi connectivity index (χ1) is 56.3. The van der Waals surface area contributed by atoms with Gasteiger partial charge in [-0.3, -0.25) is 19.6 Å². The summed E-state index contributed by atoms with van der Waals surface area (Å²) in [7, 11) is 12.9. The van der Waals surface area contributed by atoms with Gasteiger partial charge in [-0.1, -0.05) is 131 Å². The quantitative estimate of drug-likeness (QED) is 0.152. The number of rotatable bonds is 6. The molecule has 18 atom stereocenters. The minimum absolute atomic E-state index is 0.0733. The van der Waals surface area contributed by atoms with Crippen LogP contribution >= 0.6 is 0 Å². The fourth-order valence-electron chi connectivity index (χ4n) is 25.7. The number of hydrogen-bond acceptors (Lipinski definition) is 9. The van der Waals surface area contributed by atoms with Crippen LogP contribution in [-0.2, 0) is 58.8 Å². The van der Waals surface area contributed by atoms with Crippen LogP contribution in [0.1, 0.15) is 221 Å². The number of pyridine rings is 6. The number of fused-ring (bicyclic) bond motifs is 15. The van der Waals surface area contributed by atoms with Crippen LogP contribution in [0, 0.1) is 17.3 Å². The molecule has 12 fully saturated rings. The standard InChI is InChI=1S/C20H25N2.C18H22N3.C18H21N2.C18H29N2.C15H24N3.C14H22N3/c1-15-19(2)12-13-20(3,17-10-6-5-9-16(17)19)22(15)18-11-7-8-14-21(18)4;1-14-20-13-11-18(2,15-8-4-5-9-16(15)20)21(14)17-10-6-7-12-19(17)3;1-13-14-10-11-17(16-8-4-3-7-15(14)16)20(13)18-9-5-6-12-19(18)2;1-13-14(2)18(5)11-10-17(13,4)15(3)20(18)16-9-7-8-12-19(16)6;1-12-11-15(3)8-10-17(12)13(2)18(15)14-7-5-6-9-16(14)4;1-12-16-10-7-14(2,8-11-16)17(12)13-6-4-5-9-15(13)3/h5-11,14-15H,12-13H2,1-4H3;4-10,12,14H,11,13H2,1-3H3;3-9,12-14,17H,10-11H2,1-2H3;7-9,12-15H,10-11H2,1-6H3;5-7,9,12-13H,8,10-11H2,1-4H3;4-6,9,12H,7-8,10-11H2,1-3H3/q6*+1. The van der Waals surface area contributed by atoms with Gasteiger partial charge in [0.05, 0.1) is 85.5 Å². The summed E-state index contributed by atoms with van der Waals surface area (Å²) in [5.41, 5.74) is 10.9. The van der Waals surface area contributed by atoms with Gasteiger partial charge in [-0.2, -0.15) is 0 Å². The first kappa shape index (κ1) is 82.8. The third kappa shape index (κ3) is 13.6. The Kier molecular flexibility index (Phi) is 22.2. The van der Waals surface area contributed by atoms with Crippen LogP contribution in [-0.4, -0.2) is 95.3 Å². The van der Waals surface area contributed by atoms with Gasteiger partial charge in [0.2, 0.25) is 0 Å². The van der Waals surface area contributed by atoms with E-state index in [2.05, 4.69) is 444 Å². The van der Waals surface area contributed by atoms with Gasteiger partial charge in [0, 0.05) is 140 Å². The van der Waals surface area contributed by atoms with Crippen molar-refractivity contribution in [2.24, 2.45) is 59.5 Å². The van der Waals surface area contributed by atoms with E-state index in [0.29, 0.717) is 71.1 Å². The second-order valence-corrected chi connectivity index (χ2v) is 39.6. The van der Waals surface area contributed by atoms with Gasteiger partial charge in [-0.15, -0.1) is 0 Å². The van der Waals surface area contributed by atoms with Crippen molar-refractivity contribution >= 4 is 40.6 Å². The van der Waals surface area contributed by atoms with Crippen LogP contribution in [0.5, 0.6) is 0 Å². The van der Waals surface area contributed by atoms with E-state index in [1.165, 1.54) is 142 Å². The van der Waals surface area contributed by atoms with E-state index >= 15 is 0 Å². The third-order valence-corrected chi connectivity index (χ3v) is 33.4. The highest BCUT2D eigenvalue weighted by atomic mass is 15.5. The zero-order valence-corrected chi connectivity index (χ0v) is 76.0. The highest BCUT2D eigenvalue weighted by Crippen LogP contribution is 2.61. The van der Waals surface area contributed by atoms with E-state index in [-0.39, 0.29) is 22.0 Å². The van der Waals surface area contributed by atoms with Crippen molar-refractivity contribution < 1.29 is 27.4 Å². The largest absolute Gasteiger partial charge is 0.333 e. The summed E-state index contributed by atoms with van der Waals surface area (Å²) in [4.78, 5) is 23.6. The average Bonchev–Trinajstić information content (AvgIpc) is 0.698. The maximum Gasteiger partial charge on any atom is 0.278 e. The molecule has 0 radical (unpaired) electrons. The van der Waals surface area contributed by atoms with E-state index in [1.807, 2.05) is 0 Å². The molecule has 0 N–H and O–H groups in total. The van der Waals surface area contributed by atoms with Crippen molar-refractivity contribution in [2.75, 3.05) is 60.5 Å². The van der Waals surface area contributed by atoms with Gasteiger partial charge in [-0.05, 0) is 187 Å². The van der Waals surface area contributed by atoms with Crippen LogP contribution in [0.25, 0.3) is 0 Å². The number of para-hydroxylation sites is 1. The van der Waals surface area contributed by atoms with E-state index in [4.69, 9.17) is 0 Å². The minimum atomic E-state index is 0.0733. The summed E-state index contributed by atoms with van der Waals surface area (Å²) in [6.07, 6.45) is 28.4. The molecule has 27 rings (SSSR count). The molecule has 624 valence electrons. The normalized spacial score (nSPS) is 34.2. The molecule has 12 bridgehead atoms. The summed E-state index contributed by atoms with van der Waals surface area (Å²) in [6, 6.07) is 69.0. The van der Waals surface area contributed by atoms with E-state index in [9.17, 15) is 0 Å². The molecular weight excluding hydrogens is 1450 g/mol. The second-order valence-electron chi connectivity index (χ2n) is 39.6. The molecule has 18 unspecified atom stereocenters. The lowest BCUT2D eigenvalue weighted by Gasteiger charge is -2.64. The summed E-state index contributed by atoms with van der Waals surface area (Å²) in [5.74, 6) is 10.2. The number of nitrogens with zero attached hydrogens (tertiary/aromatic N) is 15. The lowest BCUT2D eigenvalue weighted by Crippen LogP contribution is -2.73. The number of aryl methyl sites for hydroxylation is 6. The smallest absolute Gasteiger partial charge is 0.278 e. The molecule has 1 saturated carbocycles. The van der Waals surface area contributed by atoms with Crippen molar-refractivity contribution in [1.29, 1.82) is 0 Å². The molecule has 0 spiro atoms. The Morgan fingerprint density at radius 1 is 0.339 bits per heavy atom. The minimum Gasteiger partial charge on any atom is -0.333 e. The van der Waals surface area contributed by atoms with Crippen molar-refractivity contribution in [3.8, 4) is 0 Å². The Bertz CT molecular complexity index is 5090. The van der Waals surface area contributed by atoms with Crippen molar-refractivity contribution in [1.82, 2.24) is 9.80 Å². The van der Waals surface area contributed by atoms with Crippen LogP contribution in [0.15, 0.2) is 219 Å². The fourth-order valence-corrected chi connectivity index (χ4v) is 25.7. The van der Waals surface area contributed by atoms with Gasteiger partial charge < -0.3 is 4.90 Å². The van der Waals surface area contributed by atoms with E-state index in [0.717, 1.165) is 18.4 Å². The lowest BCUT2D eigenvalue weighted by atomic mass is 9.50. The molecule has 118 heavy (non-hydrogen) atoms. The Labute approximate surface area is 709 Å². The molecule has 6 aromatic heterocycles. The SMILES string of the molecule is CC1C(C)C2(C)CCC1(C)C(C)N2c1cccc[n+]1C.CC1C2CCC(c3ccccc32)N1c1cccc[n+]1C.CC1CC2(C)CCN1C(C)N2c1cccc[n+]1C.CC1N(c2cccc[n+]2C)C2(C)CCC1(C)c1ccccc12.CC1N2CCC(C)(CC2)N1c1cccc[n+]1C.CC1N2CCC(C)(c3ccccc32)N1c1cccc[n+]1C. The summed E-state index contributed by atoms with van der Waals surface area (Å²) >= 11 is 0. The molecule has 0 amide bonds. The number of benzene rings is 3. The van der Waals surface area contributed by atoms with Crippen LogP contribution in [0.4, 0.5) is 40.6 Å². The third-order valence-electron chi connectivity index (χ3n) is 33.4. The molecule has 15 heteroatoms. The van der Waals surface area contributed by atoms with Crippen molar-refractivity contribution in [2.45, 2.75) is 269 Å². The van der Waals surface area contributed by atoms with E-state index < -0.39 is 0 Å². The monoisotopic (exact) mass is 1590 g/mol. The summed E-state index contributed by atoms with van der Waals surface area (Å²) in [5, 5.41) is 0. The first-order valence-corrected chi connectivity index (χ1v) is 45.3. The van der Waals surface area contributed by atoms with Gasteiger partial charge in [0.15, 0.2) is 6.17 Å². The molecule has 3 aromatic carbocycles.